The number of rotatable bonds is 45. The number of hydrogen-bond donors (Lipinski definition) is 1. The van der Waals surface area contributed by atoms with Gasteiger partial charge in [0.15, 0.2) is 0 Å². The quantitative estimate of drug-likeness (QED) is 0.0383. The third-order valence-corrected chi connectivity index (χ3v) is 10.8. The lowest BCUT2D eigenvalue weighted by Crippen LogP contribution is -2.27. The van der Waals surface area contributed by atoms with Crippen LogP contribution in [-0.4, -0.2) is 37.0 Å². The molecule has 0 saturated heterocycles. The molecule has 0 aliphatic rings. The van der Waals surface area contributed by atoms with Gasteiger partial charge in [-0.2, -0.15) is 0 Å². The van der Waals surface area contributed by atoms with Gasteiger partial charge in [0.05, 0.1) is 13.2 Å². The summed E-state index contributed by atoms with van der Waals surface area (Å²) in [6.07, 6.45) is 58.3. The maximum Gasteiger partial charge on any atom is 0.306 e. The van der Waals surface area contributed by atoms with Crippen molar-refractivity contribution in [2.75, 3.05) is 19.8 Å². The third kappa shape index (κ3) is 45.2. The largest absolute Gasteiger partial charge is 0.457 e. The molecule has 314 valence electrons. The van der Waals surface area contributed by atoms with E-state index in [1.165, 1.54) is 212 Å². The fourth-order valence-electron chi connectivity index (χ4n) is 7.18. The van der Waals surface area contributed by atoms with Gasteiger partial charge in [-0.05, 0) is 44.9 Å². The van der Waals surface area contributed by atoms with E-state index < -0.39 is 6.10 Å². The zero-order valence-electron chi connectivity index (χ0n) is 36.1. The molecule has 0 aliphatic carbocycles. The summed E-state index contributed by atoms with van der Waals surface area (Å²) in [5.41, 5.74) is 0. The van der Waals surface area contributed by atoms with Crippen molar-refractivity contribution in [1.29, 1.82) is 0 Å². The first-order chi connectivity index (χ1) is 26.2. The van der Waals surface area contributed by atoms with Gasteiger partial charge in [-0.15, -0.1) is 0 Å². The van der Waals surface area contributed by atoms with E-state index in [-0.39, 0.29) is 12.6 Å². The number of aliphatic hydroxyl groups is 1. The van der Waals surface area contributed by atoms with Crippen molar-refractivity contribution in [3.63, 3.8) is 0 Å². The molecule has 0 aliphatic heterocycles. The first-order valence-corrected chi connectivity index (χ1v) is 23.9. The Bertz CT molecular complexity index is 747. The predicted octanol–water partition coefficient (Wildman–Crippen LogP) is 15.9. The van der Waals surface area contributed by atoms with E-state index in [4.69, 9.17) is 9.47 Å². The standard InChI is InChI=1S/C49H94O4/c1-3-5-7-9-11-13-15-17-19-21-23-24-25-27-29-31-33-35-37-39-41-43-45-52-47-48(46-50)53-49(51)44-42-40-38-36-34-32-30-28-26-22-20-18-16-14-12-10-8-6-4-2/h12,14,18,20,48,50H,3-11,13,15-17,19,21-47H2,1-2H3/b14-12-,20-18-. The van der Waals surface area contributed by atoms with Gasteiger partial charge in [-0.3, -0.25) is 4.79 Å². The molecule has 4 nitrogen and oxygen atoms in total. The SMILES string of the molecule is CCCCC/C=C\C/C=C\CCCCCCCCCCCC(=O)OC(CO)COCCCCCCCCCCCCCCCCCCCCCCCC. The topological polar surface area (TPSA) is 55.8 Å². The first-order valence-electron chi connectivity index (χ1n) is 23.9. The second-order valence-electron chi connectivity index (χ2n) is 16.2. The molecule has 0 aromatic rings. The summed E-state index contributed by atoms with van der Waals surface area (Å²) in [7, 11) is 0. The summed E-state index contributed by atoms with van der Waals surface area (Å²) in [5.74, 6) is -0.200. The number of aliphatic hydroxyl groups excluding tert-OH is 1. The molecule has 1 unspecified atom stereocenters. The zero-order chi connectivity index (χ0) is 38.4. The second-order valence-corrected chi connectivity index (χ2v) is 16.2. The Balaban J connectivity index is 3.37. The van der Waals surface area contributed by atoms with Crippen LogP contribution in [0.25, 0.3) is 0 Å². The van der Waals surface area contributed by atoms with Crippen LogP contribution in [0.15, 0.2) is 24.3 Å². The highest BCUT2D eigenvalue weighted by Crippen LogP contribution is 2.16. The minimum atomic E-state index is -0.533. The molecule has 0 spiro atoms. The number of esters is 1. The summed E-state index contributed by atoms with van der Waals surface area (Å²) in [4.78, 5) is 12.2. The predicted molar refractivity (Wildman–Crippen MR) is 233 cm³/mol. The minimum Gasteiger partial charge on any atom is -0.457 e. The fourth-order valence-corrected chi connectivity index (χ4v) is 7.18. The highest BCUT2D eigenvalue weighted by atomic mass is 16.6. The molecule has 1 atom stereocenters. The van der Waals surface area contributed by atoms with E-state index in [0.717, 1.165) is 25.7 Å². The van der Waals surface area contributed by atoms with E-state index in [2.05, 4.69) is 38.2 Å². The van der Waals surface area contributed by atoms with Gasteiger partial charge in [0.25, 0.3) is 0 Å². The van der Waals surface area contributed by atoms with Crippen LogP contribution in [0.2, 0.25) is 0 Å². The van der Waals surface area contributed by atoms with Gasteiger partial charge in [0, 0.05) is 13.0 Å². The molecule has 0 heterocycles. The Morgan fingerprint density at radius 3 is 1.21 bits per heavy atom. The highest BCUT2D eigenvalue weighted by Gasteiger charge is 2.13. The van der Waals surface area contributed by atoms with Crippen LogP contribution in [0.3, 0.4) is 0 Å². The molecule has 0 radical (unpaired) electrons. The van der Waals surface area contributed by atoms with Crippen molar-refractivity contribution in [1.82, 2.24) is 0 Å². The molecule has 0 saturated carbocycles. The molecular formula is C49H94O4. The van der Waals surface area contributed by atoms with Crippen molar-refractivity contribution in [3.05, 3.63) is 24.3 Å². The van der Waals surface area contributed by atoms with E-state index in [0.29, 0.717) is 19.6 Å². The van der Waals surface area contributed by atoms with Crippen LogP contribution < -0.4 is 0 Å². The second kappa shape index (κ2) is 47.0. The molecule has 0 aromatic carbocycles. The number of hydrogen-bond acceptors (Lipinski definition) is 4. The summed E-state index contributed by atoms with van der Waals surface area (Å²) >= 11 is 0. The van der Waals surface area contributed by atoms with Crippen molar-refractivity contribution in [3.8, 4) is 0 Å². The first kappa shape index (κ1) is 51.9. The number of carbonyl (C=O) groups is 1. The van der Waals surface area contributed by atoms with Crippen molar-refractivity contribution in [2.24, 2.45) is 0 Å². The lowest BCUT2D eigenvalue weighted by Gasteiger charge is -2.16. The summed E-state index contributed by atoms with van der Waals surface area (Å²) in [6, 6.07) is 0. The van der Waals surface area contributed by atoms with Crippen LogP contribution >= 0.6 is 0 Å². The molecule has 0 rings (SSSR count). The lowest BCUT2D eigenvalue weighted by molar-refractivity contribution is -0.154. The molecular weight excluding hydrogens is 653 g/mol. The van der Waals surface area contributed by atoms with Gasteiger partial charge in [0.2, 0.25) is 0 Å². The van der Waals surface area contributed by atoms with Crippen LogP contribution in [0.1, 0.15) is 258 Å². The smallest absolute Gasteiger partial charge is 0.306 e. The average Bonchev–Trinajstić information content (AvgIpc) is 3.16. The Kier molecular flexibility index (Phi) is 46.0. The zero-order valence-corrected chi connectivity index (χ0v) is 36.1. The Hall–Kier alpha value is -1.13. The minimum absolute atomic E-state index is 0.169. The van der Waals surface area contributed by atoms with Gasteiger partial charge >= 0.3 is 5.97 Å². The monoisotopic (exact) mass is 747 g/mol. The molecule has 0 bridgehead atoms. The average molecular weight is 747 g/mol. The number of ether oxygens (including phenoxy) is 2. The number of allylic oxidation sites excluding steroid dienone is 4. The van der Waals surface area contributed by atoms with Crippen molar-refractivity contribution >= 4 is 5.97 Å². The van der Waals surface area contributed by atoms with Crippen LogP contribution in [0.5, 0.6) is 0 Å². The van der Waals surface area contributed by atoms with Gasteiger partial charge in [-0.25, -0.2) is 0 Å². The van der Waals surface area contributed by atoms with Gasteiger partial charge in [-0.1, -0.05) is 231 Å². The number of carbonyl (C=O) groups excluding carboxylic acids is 1. The lowest BCUT2D eigenvalue weighted by atomic mass is 10.0. The van der Waals surface area contributed by atoms with E-state index >= 15 is 0 Å². The van der Waals surface area contributed by atoms with E-state index in [1.807, 2.05) is 0 Å². The molecule has 0 fully saturated rings. The van der Waals surface area contributed by atoms with Crippen LogP contribution in [0.4, 0.5) is 0 Å². The maximum absolute atomic E-state index is 12.2. The number of unbranched alkanes of at least 4 members (excludes halogenated alkanes) is 33. The molecule has 4 heteroatoms. The summed E-state index contributed by atoms with van der Waals surface area (Å²) in [5, 5.41) is 9.63. The van der Waals surface area contributed by atoms with E-state index in [1.54, 1.807) is 0 Å². The van der Waals surface area contributed by atoms with Crippen LogP contribution in [-0.2, 0) is 14.3 Å². The molecule has 0 aromatic heterocycles. The van der Waals surface area contributed by atoms with Crippen LogP contribution in [0, 0.1) is 0 Å². The van der Waals surface area contributed by atoms with Gasteiger partial charge in [0.1, 0.15) is 6.10 Å². The van der Waals surface area contributed by atoms with Crippen molar-refractivity contribution in [2.45, 2.75) is 264 Å². The summed E-state index contributed by atoms with van der Waals surface area (Å²) in [6.45, 7) is 5.36. The molecule has 1 N–H and O–H groups in total. The Morgan fingerprint density at radius 2 is 0.792 bits per heavy atom. The molecule has 53 heavy (non-hydrogen) atoms. The fraction of sp³-hybridized carbons (Fsp3) is 0.898. The Labute approximate surface area is 332 Å². The normalized spacial score (nSPS) is 12.4. The maximum atomic E-state index is 12.2. The molecule has 0 amide bonds. The highest BCUT2D eigenvalue weighted by molar-refractivity contribution is 5.69. The van der Waals surface area contributed by atoms with E-state index in [9.17, 15) is 9.90 Å². The summed E-state index contributed by atoms with van der Waals surface area (Å²) < 4.78 is 11.2. The third-order valence-electron chi connectivity index (χ3n) is 10.8. The Morgan fingerprint density at radius 1 is 0.453 bits per heavy atom. The van der Waals surface area contributed by atoms with Crippen molar-refractivity contribution < 1.29 is 19.4 Å². The van der Waals surface area contributed by atoms with Gasteiger partial charge < -0.3 is 14.6 Å².